The molecule has 6 nitrogen and oxygen atoms in total. The Morgan fingerprint density at radius 1 is 1.11 bits per heavy atom. The summed E-state index contributed by atoms with van der Waals surface area (Å²) in [5, 5.41) is 0. The normalized spacial score (nSPS) is 14.0. The quantitative estimate of drug-likeness (QED) is 0.170. The number of ether oxygens (including phenoxy) is 1. The molecule has 0 aromatic heterocycles. The molecule has 1 aromatic carbocycles. The molecule has 0 aliphatic rings. The van der Waals surface area contributed by atoms with Crippen molar-refractivity contribution in [1.82, 2.24) is 0 Å². The number of carbonyl (C=O) groups is 2. The molecular weight excluding hydrogens is 380 g/mol. The van der Waals surface area contributed by atoms with E-state index in [9.17, 15) is 18.0 Å². The van der Waals surface area contributed by atoms with E-state index in [0.29, 0.717) is 25.7 Å². The highest BCUT2D eigenvalue weighted by Gasteiger charge is 2.38. The summed E-state index contributed by atoms with van der Waals surface area (Å²) >= 11 is 0. The van der Waals surface area contributed by atoms with Crippen molar-refractivity contribution in [2.24, 2.45) is 5.41 Å². The third kappa shape index (κ3) is 7.20. The second-order valence-electron chi connectivity index (χ2n) is 6.85. The second kappa shape index (κ2) is 11.1. The molecule has 0 fully saturated rings. The molecule has 0 saturated carbocycles. The number of ketones is 1. The molecule has 0 aliphatic heterocycles. The first kappa shape index (κ1) is 24.0. The Morgan fingerprint density at radius 3 is 2.29 bits per heavy atom. The summed E-state index contributed by atoms with van der Waals surface area (Å²) < 4.78 is 34.1. The van der Waals surface area contributed by atoms with Crippen LogP contribution in [-0.4, -0.2) is 33.4 Å². The van der Waals surface area contributed by atoms with Gasteiger partial charge in [0.25, 0.3) is 10.1 Å². The summed E-state index contributed by atoms with van der Waals surface area (Å²) in [7, 11) is -3.74. The van der Waals surface area contributed by atoms with Crippen molar-refractivity contribution in [3.63, 3.8) is 0 Å². The van der Waals surface area contributed by atoms with E-state index in [0.717, 1.165) is 5.56 Å². The number of esters is 1. The molecule has 0 spiro atoms. The van der Waals surface area contributed by atoms with Crippen LogP contribution in [0.5, 0.6) is 0 Å². The summed E-state index contributed by atoms with van der Waals surface area (Å²) in [4.78, 5) is 24.0. The van der Waals surface area contributed by atoms with Crippen LogP contribution in [0.1, 0.15) is 52.0 Å². The number of allylic oxidation sites excluding steroid dienone is 1. The summed E-state index contributed by atoms with van der Waals surface area (Å²) in [6, 6.07) is 6.49. The lowest BCUT2D eigenvalue weighted by Gasteiger charge is -2.23. The number of Topliss-reactive ketones (excluding diaryl/α,β-unsaturated/α-hetero) is 1. The van der Waals surface area contributed by atoms with Gasteiger partial charge in [-0.1, -0.05) is 29.8 Å². The van der Waals surface area contributed by atoms with Crippen molar-refractivity contribution in [2.45, 2.75) is 58.3 Å². The fourth-order valence-electron chi connectivity index (χ4n) is 2.52. The lowest BCUT2D eigenvalue weighted by atomic mass is 9.81. The highest BCUT2D eigenvalue weighted by atomic mass is 32.2. The van der Waals surface area contributed by atoms with Gasteiger partial charge in [-0.05, 0) is 65.5 Å². The number of hydrogen-bond acceptors (Lipinski definition) is 6. The summed E-state index contributed by atoms with van der Waals surface area (Å²) in [6.07, 6.45) is 5.91. The number of aryl methyl sites for hydroxylation is 1. The van der Waals surface area contributed by atoms with Crippen LogP contribution in [0.2, 0.25) is 0 Å². The van der Waals surface area contributed by atoms with Crippen molar-refractivity contribution >= 4 is 21.9 Å². The average molecular weight is 411 g/mol. The minimum atomic E-state index is -3.74. The molecule has 0 aliphatic carbocycles. The van der Waals surface area contributed by atoms with Gasteiger partial charge in [0.1, 0.15) is 11.2 Å². The molecular formula is C21H30O6S. The summed E-state index contributed by atoms with van der Waals surface area (Å²) in [5.74, 6) is -0.689. The first-order valence-corrected chi connectivity index (χ1v) is 10.8. The van der Waals surface area contributed by atoms with Gasteiger partial charge in [-0.25, -0.2) is 0 Å². The first-order chi connectivity index (χ1) is 13.1. The van der Waals surface area contributed by atoms with E-state index in [1.807, 2.05) is 19.1 Å². The minimum Gasteiger partial charge on any atom is -0.465 e. The van der Waals surface area contributed by atoms with E-state index in [2.05, 4.69) is 0 Å². The van der Waals surface area contributed by atoms with Gasteiger partial charge in [-0.15, -0.1) is 0 Å². The molecule has 1 unspecified atom stereocenters. The van der Waals surface area contributed by atoms with E-state index in [4.69, 9.17) is 8.92 Å². The molecule has 0 bridgehead atoms. The van der Waals surface area contributed by atoms with Crippen LogP contribution < -0.4 is 0 Å². The van der Waals surface area contributed by atoms with Crippen LogP contribution in [0.15, 0.2) is 41.3 Å². The number of benzene rings is 1. The first-order valence-electron chi connectivity index (χ1n) is 9.43. The SMILES string of the molecule is CCOC(=O)C(C)(CCC/C=C/CCOS(=O)(=O)c1ccc(C)cc1)C(C)=O. The van der Waals surface area contributed by atoms with E-state index < -0.39 is 21.5 Å². The van der Waals surface area contributed by atoms with E-state index in [1.165, 1.54) is 19.1 Å². The molecule has 7 heteroatoms. The molecule has 0 amide bonds. The average Bonchev–Trinajstić information content (AvgIpc) is 2.64. The largest absolute Gasteiger partial charge is 0.465 e. The Bertz CT molecular complexity index is 780. The lowest BCUT2D eigenvalue weighted by molar-refractivity contribution is -0.159. The zero-order valence-electron chi connectivity index (χ0n) is 17.1. The fraction of sp³-hybridized carbons (Fsp3) is 0.524. The highest BCUT2D eigenvalue weighted by molar-refractivity contribution is 7.86. The van der Waals surface area contributed by atoms with Crippen molar-refractivity contribution < 1.29 is 26.9 Å². The molecule has 0 N–H and O–H groups in total. The molecule has 1 rings (SSSR count). The molecule has 1 atom stereocenters. The molecule has 156 valence electrons. The highest BCUT2D eigenvalue weighted by Crippen LogP contribution is 2.27. The maximum atomic E-state index is 12.0. The van der Waals surface area contributed by atoms with Gasteiger partial charge >= 0.3 is 5.97 Å². The monoisotopic (exact) mass is 410 g/mol. The summed E-state index contributed by atoms with van der Waals surface area (Å²) in [5.41, 5.74) is -0.138. The number of unbranched alkanes of at least 4 members (excludes halogenated alkanes) is 1. The van der Waals surface area contributed by atoms with Gasteiger partial charge in [-0.2, -0.15) is 8.42 Å². The topological polar surface area (TPSA) is 86.7 Å². The van der Waals surface area contributed by atoms with Gasteiger partial charge in [-0.3, -0.25) is 13.8 Å². The number of rotatable bonds is 12. The smallest absolute Gasteiger partial charge is 0.319 e. The predicted octanol–water partition coefficient (Wildman–Crippen LogP) is 3.98. The van der Waals surface area contributed by atoms with E-state index in [-0.39, 0.29) is 23.9 Å². The minimum absolute atomic E-state index is 0.0562. The molecule has 0 saturated heterocycles. The van der Waals surface area contributed by atoms with Crippen LogP contribution in [0.3, 0.4) is 0 Å². The zero-order chi connectivity index (χ0) is 21.2. The predicted molar refractivity (Wildman–Crippen MR) is 107 cm³/mol. The molecule has 0 radical (unpaired) electrons. The Balaban J connectivity index is 2.38. The van der Waals surface area contributed by atoms with Crippen molar-refractivity contribution in [1.29, 1.82) is 0 Å². The van der Waals surface area contributed by atoms with Crippen molar-refractivity contribution in [3.05, 3.63) is 42.0 Å². The van der Waals surface area contributed by atoms with Crippen molar-refractivity contribution in [2.75, 3.05) is 13.2 Å². The van der Waals surface area contributed by atoms with Gasteiger partial charge < -0.3 is 4.74 Å². The Kier molecular flexibility index (Phi) is 9.55. The van der Waals surface area contributed by atoms with Crippen molar-refractivity contribution in [3.8, 4) is 0 Å². The standard InChI is InChI=1S/C21H30O6S/c1-5-26-20(23)21(4,18(3)22)15-9-7-6-8-10-16-27-28(24,25)19-13-11-17(2)12-14-19/h6,8,11-14H,5,7,9-10,15-16H2,1-4H3/b8-6+. The van der Waals surface area contributed by atoms with Gasteiger partial charge in [0.15, 0.2) is 0 Å². The van der Waals surface area contributed by atoms with E-state index in [1.54, 1.807) is 26.0 Å². The third-order valence-corrected chi connectivity index (χ3v) is 5.88. The van der Waals surface area contributed by atoms with E-state index >= 15 is 0 Å². The van der Waals surface area contributed by atoms with Crippen LogP contribution in [0.25, 0.3) is 0 Å². The van der Waals surface area contributed by atoms with Crippen LogP contribution >= 0.6 is 0 Å². The second-order valence-corrected chi connectivity index (χ2v) is 8.47. The maximum Gasteiger partial charge on any atom is 0.319 e. The zero-order valence-corrected chi connectivity index (χ0v) is 17.9. The third-order valence-electron chi connectivity index (χ3n) is 4.55. The van der Waals surface area contributed by atoms with Gasteiger partial charge in [0.05, 0.1) is 18.1 Å². The lowest BCUT2D eigenvalue weighted by Crippen LogP contribution is -2.36. The Morgan fingerprint density at radius 2 is 1.71 bits per heavy atom. The Hall–Kier alpha value is -1.99. The van der Waals surface area contributed by atoms with Crippen LogP contribution in [-0.2, 0) is 28.6 Å². The summed E-state index contributed by atoms with van der Waals surface area (Å²) in [6.45, 7) is 6.91. The van der Waals surface area contributed by atoms with Gasteiger partial charge in [0, 0.05) is 0 Å². The fourth-order valence-corrected chi connectivity index (χ4v) is 3.44. The number of hydrogen-bond donors (Lipinski definition) is 0. The molecule has 1 aromatic rings. The van der Waals surface area contributed by atoms with Crippen LogP contribution in [0.4, 0.5) is 0 Å². The maximum absolute atomic E-state index is 12.0. The molecule has 28 heavy (non-hydrogen) atoms. The number of carbonyl (C=O) groups excluding carboxylic acids is 2. The van der Waals surface area contributed by atoms with Gasteiger partial charge in [0.2, 0.25) is 0 Å². The van der Waals surface area contributed by atoms with Crippen LogP contribution in [0, 0.1) is 12.3 Å². The molecule has 0 heterocycles. The Labute approximate surface area is 168 Å².